The van der Waals surface area contributed by atoms with E-state index in [0.29, 0.717) is 36.6 Å². The molecule has 1 amide bonds. The molecular formula is C20H25N3O4. The Balaban J connectivity index is 1.77. The van der Waals surface area contributed by atoms with Gasteiger partial charge in [-0.3, -0.25) is 9.59 Å². The Kier molecular flexibility index (Phi) is 5.58. The van der Waals surface area contributed by atoms with E-state index in [1.54, 1.807) is 21.6 Å². The predicted molar refractivity (Wildman–Crippen MR) is 102 cm³/mol. The van der Waals surface area contributed by atoms with Gasteiger partial charge in [0.25, 0.3) is 5.91 Å². The monoisotopic (exact) mass is 371 g/mol. The van der Waals surface area contributed by atoms with E-state index in [2.05, 4.69) is 11.9 Å². The number of hydrogen-bond acceptors (Lipinski definition) is 5. The Labute approximate surface area is 157 Å². The number of esters is 1. The van der Waals surface area contributed by atoms with E-state index in [0.717, 1.165) is 18.5 Å². The lowest BCUT2D eigenvalue weighted by Gasteiger charge is -2.30. The summed E-state index contributed by atoms with van der Waals surface area (Å²) in [6.45, 7) is 7.49. The molecular weight excluding hydrogens is 346 g/mol. The van der Waals surface area contributed by atoms with Gasteiger partial charge in [-0.1, -0.05) is 6.92 Å². The molecule has 3 rings (SSSR count). The number of fused-ring (bicyclic) bond motifs is 1. The highest BCUT2D eigenvalue weighted by atomic mass is 16.5. The van der Waals surface area contributed by atoms with Crippen LogP contribution in [0.25, 0.3) is 11.0 Å². The average molecular weight is 371 g/mol. The van der Waals surface area contributed by atoms with Gasteiger partial charge in [0.15, 0.2) is 6.61 Å². The third kappa shape index (κ3) is 4.02. The Bertz CT molecular complexity index is 927. The third-order valence-corrected chi connectivity index (χ3v) is 5.08. The van der Waals surface area contributed by atoms with Crippen molar-refractivity contribution >= 4 is 22.9 Å². The van der Waals surface area contributed by atoms with E-state index < -0.39 is 11.4 Å². The summed E-state index contributed by atoms with van der Waals surface area (Å²) in [6.07, 6.45) is 3.38. The molecule has 2 aromatic rings. The number of piperidine rings is 1. The van der Waals surface area contributed by atoms with Crippen molar-refractivity contribution in [2.45, 2.75) is 40.2 Å². The fourth-order valence-corrected chi connectivity index (χ4v) is 3.30. The predicted octanol–water partition coefficient (Wildman–Crippen LogP) is 2.14. The second-order valence-electron chi connectivity index (χ2n) is 7.12. The lowest BCUT2D eigenvalue weighted by molar-refractivity contribution is -0.135. The minimum absolute atomic E-state index is 0.0740. The highest BCUT2D eigenvalue weighted by Crippen LogP contribution is 2.16. The molecule has 144 valence electrons. The average Bonchev–Trinajstić information content (AvgIpc) is 2.66. The quantitative estimate of drug-likeness (QED) is 0.769. The highest BCUT2D eigenvalue weighted by Gasteiger charge is 2.23. The number of carbonyl (C=O) groups excluding carboxylic acids is 2. The maximum Gasteiger partial charge on any atom is 0.344 e. The van der Waals surface area contributed by atoms with Crippen LogP contribution in [0.2, 0.25) is 0 Å². The van der Waals surface area contributed by atoms with E-state index in [1.165, 1.54) is 6.20 Å². The van der Waals surface area contributed by atoms with Crippen LogP contribution in [0.15, 0.2) is 23.1 Å². The lowest BCUT2D eigenvalue weighted by atomic mass is 9.99. The van der Waals surface area contributed by atoms with Gasteiger partial charge >= 0.3 is 5.97 Å². The molecule has 0 bridgehead atoms. The highest BCUT2D eigenvalue weighted by molar-refractivity contribution is 5.94. The smallest absolute Gasteiger partial charge is 0.344 e. The van der Waals surface area contributed by atoms with Crippen LogP contribution in [0.5, 0.6) is 0 Å². The Morgan fingerprint density at radius 2 is 1.96 bits per heavy atom. The molecule has 0 unspecified atom stereocenters. The van der Waals surface area contributed by atoms with Gasteiger partial charge in [-0.15, -0.1) is 0 Å². The van der Waals surface area contributed by atoms with Crippen molar-refractivity contribution < 1.29 is 14.3 Å². The SMILES string of the molecule is CCn1cc(C(=O)OCC(=O)N2CCC(C)CC2)c(=O)c2ccc(C)nc21. The van der Waals surface area contributed by atoms with Crippen LogP contribution >= 0.6 is 0 Å². The minimum atomic E-state index is -0.775. The first-order valence-electron chi connectivity index (χ1n) is 9.36. The maximum atomic E-state index is 12.7. The van der Waals surface area contributed by atoms with Gasteiger partial charge in [0, 0.05) is 31.5 Å². The maximum absolute atomic E-state index is 12.7. The molecule has 1 aliphatic rings. The number of hydrogen-bond donors (Lipinski definition) is 0. The molecule has 0 N–H and O–H groups in total. The van der Waals surface area contributed by atoms with Crippen LogP contribution in [0.3, 0.4) is 0 Å². The molecule has 3 heterocycles. The molecule has 0 atom stereocenters. The van der Waals surface area contributed by atoms with Crippen molar-refractivity contribution in [1.82, 2.24) is 14.5 Å². The number of nitrogens with zero attached hydrogens (tertiary/aromatic N) is 3. The van der Waals surface area contributed by atoms with E-state index >= 15 is 0 Å². The summed E-state index contributed by atoms with van der Waals surface area (Å²) in [5.41, 5.74) is 0.833. The number of likely N-dealkylation sites (tertiary alicyclic amines) is 1. The van der Waals surface area contributed by atoms with Crippen LogP contribution in [0.4, 0.5) is 0 Å². The molecule has 27 heavy (non-hydrogen) atoms. The number of ether oxygens (including phenoxy) is 1. The van der Waals surface area contributed by atoms with Crippen LogP contribution in [0, 0.1) is 12.8 Å². The summed E-state index contributed by atoms with van der Waals surface area (Å²) in [7, 11) is 0. The molecule has 7 nitrogen and oxygen atoms in total. The van der Waals surface area contributed by atoms with Crippen LogP contribution < -0.4 is 5.43 Å². The first-order chi connectivity index (χ1) is 12.9. The van der Waals surface area contributed by atoms with E-state index in [1.807, 2.05) is 13.8 Å². The summed E-state index contributed by atoms with van der Waals surface area (Å²) in [5, 5.41) is 0.369. The largest absolute Gasteiger partial charge is 0.452 e. The fourth-order valence-electron chi connectivity index (χ4n) is 3.30. The molecule has 0 radical (unpaired) electrons. The number of pyridine rings is 2. The summed E-state index contributed by atoms with van der Waals surface area (Å²) in [6, 6.07) is 3.41. The molecule has 0 saturated carbocycles. The third-order valence-electron chi connectivity index (χ3n) is 5.08. The molecule has 1 fully saturated rings. The minimum Gasteiger partial charge on any atom is -0.452 e. The molecule has 0 aromatic carbocycles. The molecule has 1 saturated heterocycles. The fraction of sp³-hybridized carbons (Fsp3) is 0.500. The Hall–Kier alpha value is -2.70. The molecule has 7 heteroatoms. The van der Waals surface area contributed by atoms with E-state index in [9.17, 15) is 14.4 Å². The van der Waals surface area contributed by atoms with Crippen molar-refractivity contribution in [3.63, 3.8) is 0 Å². The molecule has 1 aliphatic heterocycles. The lowest BCUT2D eigenvalue weighted by Crippen LogP contribution is -2.40. The number of aryl methyl sites for hydroxylation is 2. The van der Waals surface area contributed by atoms with Crippen LogP contribution in [-0.4, -0.2) is 46.0 Å². The van der Waals surface area contributed by atoms with Crippen molar-refractivity contribution in [1.29, 1.82) is 0 Å². The van der Waals surface area contributed by atoms with Gasteiger partial charge in [-0.25, -0.2) is 9.78 Å². The normalized spacial score (nSPS) is 15.1. The number of aromatic nitrogens is 2. The van der Waals surface area contributed by atoms with Gasteiger partial charge in [-0.2, -0.15) is 0 Å². The van der Waals surface area contributed by atoms with E-state index in [-0.39, 0.29) is 18.1 Å². The summed E-state index contributed by atoms with van der Waals surface area (Å²) in [5.74, 6) is -0.383. The first kappa shape index (κ1) is 19.1. The topological polar surface area (TPSA) is 81.5 Å². The zero-order valence-corrected chi connectivity index (χ0v) is 16.0. The number of amides is 1. The Morgan fingerprint density at radius 3 is 2.63 bits per heavy atom. The van der Waals surface area contributed by atoms with Gasteiger partial charge in [0.2, 0.25) is 5.43 Å². The van der Waals surface area contributed by atoms with Crippen LogP contribution in [-0.2, 0) is 16.1 Å². The van der Waals surface area contributed by atoms with Gasteiger partial charge in [0.1, 0.15) is 11.2 Å². The van der Waals surface area contributed by atoms with Gasteiger partial charge < -0.3 is 14.2 Å². The standard InChI is InChI=1S/C20H25N3O4/c1-4-22-11-16(18(25)15-6-5-14(3)21-19(15)22)20(26)27-12-17(24)23-9-7-13(2)8-10-23/h5-6,11,13H,4,7-10,12H2,1-3H3. The molecule has 0 spiro atoms. The van der Waals surface area contributed by atoms with Gasteiger partial charge in [-0.05, 0) is 44.7 Å². The van der Waals surface area contributed by atoms with Crippen molar-refractivity contribution in [3.8, 4) is 0 Å². The van der Waals surface area contributed by atoms with Crippen molar-refractivity contribution in [2.24, 2.45) is 5.92 Å². The zero-order chi connectivity index (χ0) is 19.6. The van der Waals surface area contributed by atoms with Crippen molar-refractivity contribution in [3.05, 3.63) is 39.8 Å². The summed E-state index contributed by atoms with van der Waals surface area (Å²) >= 11 is 0. The number of rotatable bonds is 4. The number of carbonyl (C=O) groups is 2. The molecule has 2 aromatic heterocycles. The van der Waals surface area contributed by atoms with Crippen molar-refractivity contribution in [2.75, 3.05) is 19.7 Å². The van der Waals surface area contributed by atoms with Crippen LogP contribution in [0.1, 0.15) is 42.7 Å². The summed E-state index contributed by atoms with van der Waals surface area (Å²) < 4.78 is 6.90. The van der Waals surface area contributed by atoms with Gasteiger partial charge in [0.05, 0.1) is 5.39 Å². The second kappa shape index (κ2) is 7.90. The first-order valence-corrected chi connectivity index (χ1v) is 9.36. The second-order valence-corrected chi connectivity index (χ2v) is 7.12. The van der Waals surface area contributed by atoms with E-state index in [4.69, 9.17) is 4.74 Å². The zero-order valence-electron chi connectivity index (χ0n) is 16.0. The summed E-state index contributed by atoms with van der Waals surface area (Å²) in [4.78, 5) is 43.5. The molecule has 0 aliphatic carbocycles. The Morgan fingerprint density at radius 1 is 1.26 bits per heavy atom.